The van der Waals surface area contributed by atoms with E-state index in [2.05, 4.69) is 4.98 Å². The summed E-state index contributed by atoms with van der Waals surface area (Å²) in [5, 5.41) is 13.3. The largest absolute Gasteiger partial charge is 0.451 e. The van der Waals surface area contributed by atoms with Gasteiger partial charge in [0.15, 0.2) is 12.3 Å². The summed E-state index contributed by atoms with van der Waals surface area (Å²) in [4.78, 5) is 41.4. The maximum Gasteiger partial charge on any atom is 0.358 e. The van der Waals surface area contributed by atoms with Crippen molar-refractivity contribution in [3.8, 4) is 10.6 Å². The standard InChI is InChI=1S/C22H19N3O5S/c1-14-4-6-15(7-5-14)21-23-18(13-31-21)22(27)30-12-20(26)24-10-2-3-16-11-17(25(28)29)8-9-19(16)24/h4-9,11,13H,2-3,10,12H2,1H3. The highest BCUT2D eigenvalue weighted by Gasteiger charge is 2.25. The molecule has 1 aliphatic rings. The van der Waals surface area contributed by atoms with Crippen molar-refractivity contribution in [2.75, 3.05) is 18.1 Å². The van der Waals surface area contributed by atoms with E-state index in [1.54, 1.807) is 11.4 Å². The number of hydrogen-bond acceptors (Lipinski definition) is 7. The number of nitro benzene ring substituents is 1. The summed E-state index contributed by atoms with van der Waals surface area (Å²) in [7, 11) is 0. The smallest absolute Gasteiger partial charge is 0.358 e. The van der Waals surface area contributed by atoms with Crippen LogP contribution in [0.25, 0.3) is 10.6 Å². The van der Waals surface area contributed by atoms with Gasteiger partial charge in [0, 0.05) is 35.3 Å². The Morgan fingerprint density at radius 3 is 2.74 bits per heavy atom. The number of ether oxygens (including phenoxy) is 1. The number of nitrogens with zero attached hydrogens (tertiary/aromatic N) is 3. The van der Waals surface area contributed by atoms with Crippen molar-refractivity contribution >= 4 is 34.6 Å². The van der Waals surface area contributed by atoms with Gasteiger partial charge >= 0.3 is 5.97 Å². The van der Waals surface area contributed by atoms with Crippen LogP contribution in [0.5, 0.6) is 0 Å². The summed E-state index contributed by atoms with van der Waals surface area (Å²) >= 11 is 1.33. The lowest BCUT2D eigenvalue weighted by Gasteiger charge is -2.29. The van der Waals surface area contributed by atoms with Crippen LogP contribution in [0.1, 0.15) is 28.0 Å². The molecule has 8 nitrogen and oxygen atoms in total. The second-order valence-electron chi connectivity index (χ2n) is 7.20. The molecule has 0 atom stereocenters. The third-order valence-electron chi connectivity index (χ3n) is 5.03. The van der Waals surface area contributed by atoms with Gasteiger partial charge in [-0.2, -0.15) is 0 Å². The Hall–Kier alpha value is -3.59. The molecule has 9 heteroatoms. The first kappa shape index (κ1) is 20.7. The minimum atomic E-state index is -0.663. The molecule has 0 aliphatic carbocycles. The Kier molecular flexibility index (Phi) is 5.77. The van der Waals surface area contributed by atoms with E-state index in [-0.39, 0.29) is 17.3 Å². The molecule has 1 aliphatic heterocycles. The van der Waals surface area contributed by atoms with Gasteiger partial charge in [0.1, 0.15) is 5.01 Å². The SMILES string of the molecule is Cc1ccc(-c2nc(C(=O)OCC(=O)N3CCCc4cc([N+](=O)[O-])ccc43)cs2)cc1. The van der Waals surface area contributed by atoms with Gasteiger partial charge in [-0.25, -0.2) is 9.78 Å². The van der Waals surface area contributed by atoms with Crippen molar-refractivity contribution in [1.82, 2.24) is 4.98 Å². The van der Waals surface area contributed by atoms with E-state index < -0.39 is 17.5 Å². The molecule has 0 saturated carbocycles. The third-order valence-corrected chi connectivity index (χ3v) is 5.92. The van der Waals surface area contributed by atoms with Crippen LogP contribution in [0.2, 0.25) is 0 Å². The van der Waals surface area contributed by atoms with E-state index in [4.69, 9.17) is 4.74 Å². The molecule has 0 radical (unpaired) electrons. The molecule has 2 aromatic carbocycles. The number of nitro groups is 1. The normalized spacial score (nSPS) is 12.9. The first-order chi connectivity index (χ1) is 14.9. The van der Waals surface area contributed by atoms with Crippen LogP contribution in [0, 0.1) is 17.0 Å². The average Bonchev–Trinajstić information content (AvgIpc) is 3.27. The second kappa shape index (κ2) is 8.65. The van der Waals surface area contributed by atoms with Gasteiger partial charge in [0.2, 0.25) is 0 Å². The van der Waals surface area contributed by atoms with Gasteiger partial charge in [-0.15, -0.1) is 11.3 Å². The summed E-state index contributed by atoms with van der Waals surface area (Å²) in [5.74, 6) is -1.04. The van der Waals surface area contributed by atoms with Gasteiger partial charge in [0.05, 0.1) is 4.92 Å². The Balaban J connectivity index is 1.41. The number of benzene rings is 2. The molecule has 158 valence electrons. The van der Waals surface area contributed by atoms with E-state index >= 15 is 0 Å². The molecule has 1 aromatic heterocycles. The number of carbonyl (C=O) groups is 2. The zero-order valence-electron chi connectivity index (χ0n) is 16.7. The lowest BCUT2D eigenvalue weighted by molar-refractivity contribution is -0.384. The van der Waals surface area contributed by atoms with Crippen molar-refractivity contribution in [2.24, 2.45) is 0 Å². The van der Waals surface area contributed by atoms with Crippen LogP contribution in [0.15, 0.2) is 47.8 Å². The molecule has 0 fully saturated rings. The second-order valence-corrected chi connectivity index (χ2v) is 8.06. The van der Waals surface area contributed by atoms with Crippen LogP contribution >= 0.6 is 11.3 Å². The zero-order valence-corrected chi connectivity index (χ0v) is 17.6. The maximum atomic E-state index is 12.7. The Bertz CT molecular complexity index is 1160. The minimum Gasteiger partial charge on any atom is -0.451 e. The number of fused-ring (bicyclic) bond motifs is 1. The first-order valence-electron chi connectivity index (χ1n) is 9.70. The number of hydrogen-bond donors (Lipinski definition) is 0. The number of anilines is 1. The predicted octanol–water partition coefficient (Wildman–Crippen LogP) is 4.16. The van der Waals surface area contributed by atoms with Gasteiger partial charge in [-0.3, -0.25) is 14.9 Å². The molecule has 0 saturated heterocycles. The van der Waals surface area contributed by atoms with Gasteiger partial charge in [-0.1, -0.05) is 29.8 Å². The van der Waals surface area contributed by atoms with Crippen molar-refractivity contribution < 1.29 is 19.2 Å². The molecule has 31 heavy (non-hydrogen) atoms. The fraction of sp³-hybridized carbons (Fsp3) is 0.227. The van der Waals surface area contributed by atoms with Crippen LogP contribution in [0.3, 0.4) is 0 Å². The van der Waals surface area contributed by atoms with Crippen molar-refractivity contribution in [1.29, 1.82) is 0 Å². The zero-order chi connectivity index (χ0) is 22.0. The van der Waals surface area contributed by atoms with E-state index in [0.717, 1.165) is 16.7 Å². The van der Waals surface area contributed by atoms with Crippen molar-refractivity contribution in [3.63, 3.8) is 0 Å². The number of amides is 1. The van der Waals surface area contributed by atoms with Crippen molar-refractivity contribution in [3.05, 3.63) is 74.8 Å². The molecular weight excluding hydrogens is 418 g/mol. The molecular formula is C22H19N3O5S. The molecule has 2 heterocycles. The Morgan fingerprint density at radius 1 is 1.23 bits per heavy atom. The fourth-order valence-electron chi connectivity index (χ4n) is 3.43. The number of thiazole rings is 1. The fourth-order valence-corrected chi connectivity index (χ4v) is 4.23. The lowest BCUT2D eigenvalue weighted by atomic mass is 10.0. The monoisotopic (exact) mass is 437 g/mol. The van der Waals surface area contributed by atoms with Gasteiger partial charge in [-0.05, 0) is 31.4 Å². The van der Waals surface area contributed by atoms with E-state index in [1.807, 2.05) is 31.2 Å². The minimum absolute atomic E-state index is 0.00705. The molecule has 4 rings (SSSR count). The molecule has 1 amide bonds. The summed E-state index contributed by atoms with van der Waals surface area (Å²) in [5.41, 5.74) is 3.54. The van der Waals surface area contributed by atoms with Crippen LogP contribution in [-0.2, 0) is 16.0 Å². The topological polar surface area (TPSA) is 103 Å². The Morgan fingerprint density at radius 2 is 2.00 bits per heavy atom. The van der Waals surface area contributed by atoms with E-state index in [9.17, 15) is 19.7 Å². The van der Waals surface area contributed by atoms with Crippen LogP contribution in [0.4, 0.5) is 11.4 Å². The van der Waals surface area contributed by atoms with Gasteiger partial charge < -0.3 is 9.64 Å². The molecule has 0 spiro atoms. The summed E-state index contributed by atoms with van der Waals surface area (Å²) in [6.07, 6.45) is 1.33. The number of aryl methyl sites for hydroxylation is 2. The number of esters is 1. The summed E-state index contributed by atoms with van der Waals surface area (Å²) < 4.78 is 5.19. The van der Waals surface area contributed by atoms with Gasteiger partial charge in [0.25, 0.3) is 11.6 Å². The number of aromatic nitrogens is 1. The molecule has 0 N–H and O–H groups in total. The van der Waals surface area contributed by atoms with Crippen LogP contribution in [-0.4, -0.2) is 34.9 Å². The highest BCUT2D eigenvalue weighted by molar-refractivity contribution is 7.13. The predicted molar refractivity (Wildman–Crippen MR) is 116 cm³/mol. The number of non-ortho nitro benzene ring substituents is 1. The molecule has 0 bridgehead atoms. The third kappa shape index (κ3) is 4.46. The lowest BCUT2D eigenvalue weighted by Crippen LogP contribution is -2.38. The van der Waals surface area contributed by atoms with Crippen molar-refractivity contribution in [2.45, 2.75) is 19.8 Å². The first-order valence-corrected chi connectivity index (χ1v) is 10.6. The van der Waals surface area contributed by atoms with E-state index in [0.29, 0.717) is 30.1 Å². The number of rotatable bonds is 5. The number of carbonyl (C=O) groups excluding carboxylic acids is 2. The summed E-state index contributed by atoms with van der Waals surface area (Å²) in [6.45, 7) is 2.04. The van der Waals surface area contributed by atoms with E-state index in [1.165, 1.54) is 28.4 Å². The molecule has 0 unspecified atom stereocenters. The highest BCUT2D eigenvalue weighted by atomic mass is 32.1. The highest BCUT2D eigenvalue weighted by Crippen LogP contribution is 2.30. The summed E-state index contributed by atoms with van der Waals surface area (Å²) in [6, 6.07) is 12.2. The van der Waals surface area contributed by atoms with Crippen LogP contribution < -0.4 is 4.90 Å². The molecule has 3 aromatic rings. The Labute approximate surface area is 182 Å². The maximum absolute atomic E-state index is 12.7. The average molecular weight is 437 g/mol. The quantitative estimate of drug-likeness (QED) is 0.337.